The number of carbonyl (C=O) groups excluding carboxylic acids is 1. The number of benzene rings is 2. The Labute approximate surface area is 151 Å². The molecule has 7 heteroatoms. The number of carbonyl (C=O) groups is 1. The molecule has 0 fully saturated rings. The van der Waals surface area contributed by atoms with Crippen LogP contribution >= 0.6 is 0 Å². The SMILES string of the molecule is COc1cc(OC)c(C(=O)c2c(OC)cc(OC)c(C)c2O)c(O)c1C. The van der Waals surface area contributed by atoms with Crippen molar-refractivity contribution in [2.75, 3.05) is 28.4 Å². The highest BCUT2D eigenvalue weighted by Gasteiger charge is 2.29. The summed E-state index contributed by atoms with van der Waals surface area (Å²) in [4.78, 5) is 13.2. The summed E-state index contributed by atoms with van der Waals surface area (Å²) in [6.07, 6.45) is 0. The van der Waals surface area contributed by atoms with E-state index in [1.165, 1.54) is 40.6 Å². The van der Waals surface area contributed by atoms with Gasteiger partial charge in [-0.1, -0.05) is 0 Å². The molecule has 2 aromatic carbocycles. The Morgan fingerprint density at radius 3 is 1.27 bits per heavy atom. The molecule has 0 aliphatic heterocycles. The van der Waals surface area contributed by atoms with E-state index in [0.717, 1.165) is 0 Å². The lowest BCUT2D eigenvalue weighted by Gasteiger charge is -2.18. The third-order valence-corrected chi connectivity index (χ3v) is 4.27. The van der Waals surface area contributed by atoms with Crippen LogP contribution in [-0.2, 0) is 0 Å². The van der Waals surface area contributed by atoms with Crippen LogP contribution in [0.25, 0.3) is 0 Å². The summed E-state index contributed by atoms with van der Waals surface area (Å²) >= 11 is 0. The standard InChI is InChI=1S/C19H22O7/c1-9-11(23-3)7-13(25-5)15(17(9)20)19(22)16-14(26-6)8-12(24-4)10(2)18(16)21/h7-8,20-21H,1-6H3. The predicted molar refractivity (Wildman–Crippen MR) is 95.3 cm³/mol. The van der Waals surface area contributed by atoms with E-state index >= 15 is 0 Å². The van der Waals surface area contributed by atoms with Gasteiger partial charge < -0.3 is 29.2 Å². The predicted octanol–water partition coefficient (Wildman–Crippen LogP) is 2.98. The van der Waals surface area contributed by atoms with Crippen molar-refractivity contribution in [3.63, 3.8) is 0 Å². The minimum atomic E-state index is -0.648. The highest BCUT2D eigenvalue weighted by molar-refractivity contribution is 6.16. The molecule has 2 rings (SSSR count). The van der Waals surface area contributed by atoms with Gasteiger partial charge in [-0.25, -0.2) is 0 Å². The Kier molecular flexibility index (Phi) is 5.50. The number of aromatic hydroxyl groups is 2. The zero-order valence-corrected chi connectivity index (χ0v) is 15.6. The van der Waals surface area contributed by atoms with Gasteiger partial charge in [-0.3, -0.25) is 4.79 Å². The van der Waals surface area contributed by atoms with Gasteiger partial charge in [-0.2, -0.15) is 0 Å². The fraction of sp³-hybridized carbons (Fsp3) is 0.316. The quantitative estimate of drug-likeness (QED) is 0.763. The Morgan fingerprint density at radius 1 is 0.692 bits per heavy atom. The van der Waals surface area contributed by atoms with Gasteiger partial charge >= 0.3 is 0 Å². The van der Waals surface area contributed by atoms with Crippen molar-refractivity contribution in [3.05, 3.63) is 34.4 Å². The monoisotopic (exact) mass is 362 g/mol. The van der Waals surface area contributed by atoms with Gasteiger partial charge in [0.05, 0.1) is 28.4 Å². The molecule has 2 N–H and O–H groups in total. The number of phenolic OH excluding ortho intramolecular Hbond substituents is 2. The fourth-order valence-electron chi connectivity index (χ4n) is 2.75. The number of methoxy groups -OCH3 is 4. The van der Waals surface area contributed by atoms with Crippen molar-refractivity contribution < 1.29 is 34.0 Å². The molecule has 0 bridgehead atoms. The molecular formula is C19H22O7. The molecule has 0 atom stereocenters. The zero-order chi connectivity index (χ0) is 19.6. The fourth-order valence-corrected chi connectivity index (χ4v) is 2.75. The molecule has 0 aliphatic rings. The third-order valence-electron chi connectivity index (χ3n) is 4.27. The summed E-state index contributed by atoms with van der Waals surface area (Å²) in [6.45, 7) is 3.22. The van der Waals surface area contributed by atoms with Crippen LogP contribution in [0.4, 0.5) is 0 Å². The first kappa shape index (κ1) is 19.2. The van der Waals surface area contributed by atoms with Crippen LogP contribution in [-0.4, -0.2) is 44.4 Å². The lowest BCUT2D eigenvalue weighted by Crippen LogP contribution is -2.09. The lowest BCUT2D eigenvalue weighted by atomic mass is 9.95. The minimum Gasteiger partial charge on any atom is -0.507 e. The van der Waals surface area contributed by atoms with Gasteiger partial charge in [-0.15, -0.1) is 0 Å². The summed E-state index contributed by atoms with van der Waals surface area (Å²) in [5, 5.41) is 21.1. The number of rotatable bonds is 6. The second-order valence-corrected chi connectivity index (χ2v) is 5.59. The van der Waals surface area contributed by atoms with Gasteiger partial charge in [0.2, 0.25) is 5.78 Å². The molecule has 0 saturated heterocycles. The smallest absolute Gasteiger partial charge is 0.208 e. The zero-order valence-electron chi connectivity index (χ0n) is 15.6. The van der Waals surface area contributed by atoms with Crippen LogP contribution in [0.3, 0.4) is 0 Å². The molecular weight excluding hydrogens is 340 g/mol. The van der Waals surface area contributed by atoms with Gasteiger partial charge in [0.15, 0.2) is 0 Å². The first-order chi connectivity index (χ1) is 12.3. The van der Waals surface area contributed by atoms with E-state index in [9.17, 15) is 15.0 Å². The highest BCUT2D eigenvalue weighted by Crippen LogP contribution is 2.44. The van der Waals surface area contributed by atoms with Crippen molar-refractivity contribution in [2.24, 2.45) is 0 Å². The summed E-state index contributed by atoms with van der Waals surface area (Å²) in [6, 6.07) is 3.00. The largest absolute Gasteiger partial charge is 0.507 e. The summed E-state index contributed by atoms with van der Waals surface area (Å²) in [5.41, 5.74) is 0.564. The average Bonchev–Trinajstić information content (AvgIpc) is 2.64. The molecule has 0 heterocycles. The number of phenols is 2. The molecule has 0 aromatic heterocycles. The van der Waals surface area contributed by atoms with Gasteiger partial charge in [0, 0.05) is 23.3 Å². The maximum Gasteiger partial charge on any atom is 0.208 e. The number of ether oxygens (including phenoxy) is 4. The van der Waals surface area contributed by atoms with Crippen molar-refractivity contribution in [2.45, 2.75) is 13.8 Å². The Bertz CT molecular complexity index is 786. The van der Waals surface area contributed by atoms with Crippen LogP contribution < -0.4 is 18.9 Å². The molecule has 0 spiro atoms. The summed E-state index contributed by atoms with van der Waals surface area (Å²) in [5.74, 6) is -0.252. The van der Waals surface area contributed by atoms with E-state index in [4.69, 9.17) is 18.9 Å². The molecule has 0 unspecified atom stereocenters. The van der Waals surface area contributed by atoms with Crippen molar-refractivity contribution in [1.29, 1.82) is 0 Å². The molecule has 0 radical (unpaired) electrons. The third kappa shape index (κ3) is 2.96. The summed E-state index contributed by atoms with van der Waals surface area (Å²) in [7, 11) is 5.64. The topological polar surface area (TPSA) is 94.5 Å². The van der Waals surface area contributed by atoms with Gasteiger partial charge in [-0.05, 0) is 13.8 Å². The maximum atomic E-state index is 13.2. The van der Waals surface area contributed by atoms with E-state index in [2.05, 4.69) is 0 Å². The maximum absolute atomic E-state index is 13.2. The first-order valence-corrected chi connectivity index (χ1v) is 7.76. The minimum absolute atomic E-state index is 0.0935. The van der Waals surface area contributed by atoms with E-state index in [0.29, 0.717) is 22.6 Å². The molecule has 0 saturated carbocycles. The van der Waals surface area contributed by atoms with E-state index in [-0.39, 0.29) is 34.1 Å². The number of hydrogen-bond donors (Lipinski definition) is 2. The van der Waals surface area contributed by atoms with Crippen LogP contribution in [0.1, 0.15) is 27.0 Å². The van der Waals surface area contributed by atoms with E-state index in [1.54, 1.807) is 13.8 Å². The average molecular weight is 362 g/mol. The van der Waals surface area contributed by atoms with Crippen LogP contribution in [0.2, 0.25) is 0 Å². The molecule has 26 heavy (non-hydrogen) atoms. The van der Waals surface area contributed by atoms with Crippen molar-refractivity contribution >= 4 is 5.78 Å². The van der Waals surface area contributed by atoms with Crippen molar-refractivity contribution in [1.82, 2.24) is 0 Å². The lowest BCUT2D eigenvalue weighted by molar-refractivity contribution is 0.102. The summed E-state index contributed by atoms with van der Waals surface area (Å²) < 4.78 is 20.9. The second-order valence-electron chi connectivity index (χ2n) is 5.59. The van der Waals surface area contributed by atoms with Gasteiger partial charge in [0.25, 0.3) is 0 Å². The number of ketones is 1. The molecule has 0 amide bonds. The van der Waals surface area contributed by atoms with E-state index in [1.807, 2.05) is 0 Å². The van der Waals surface area contributed by atoms with Crippen LogP contribution in [0, 0.1) is 13.8 Å². The molecule has 7 nitrogen and oxygen atoms in total. The van der Waals surface area contributed by atoms with Crippen molar-refractivity contribution in [3.8, 4) is 34.5 Å². The molecule has 0 aliphatic carbocycles. The number of hydrogen-bond acceptors (Lipinski definition) is 7. The van der Waals surface area contributed by atoms with Crippen LogP contribution in [0.15, 0.2) is 12.1 Å². The Morgan fingerprint density at radius 2 is 1.00 bits per heavy atom. The highest BCUT2D eigenvalue weighted by atomic mass is 16.5. The normalized spacial score (nSPS) is 10.4. The van der Waals surface area contributed by atoms with E-state index < -0.39 is 5.78 Å². The van der Waals surface area contributed by atoms with Gasteiger partial charge in [0.1, 0.15) is 45.6 Å². The Hall–Kier alpha value is -3.09. The van der Waals surface area contributed by atoms with Crippen LogP contribution in [0.5, 0.6) is 34.5 Å². The second kappa shape index (κ2) is 7.43. The Balaban J connectivity index is 2.79. The molecule has 2 aromatic rings. The molecule has 140 valence electrons. The first-order valence-electron chi connectivity index (χ1n) is 7.76.